The molecule has 2 N–H and O–H groups in total. The fraction of sp³-hybridized carbons (Fsp3) is 0.333. The van der Waals surface area contributed by atoms with Gasteiger partial charge in [-0.15, -0.1) is 5.10 Å². The van der Waals surface area contributed by atoms with Gasteiger partial charge >= 0.3 is 0 Å². The van der Waals surface area contributed by atoms with Crippen molar-refractivity contribution in [1.82, 2.24) is 30.2 Å². The number of unbranched alkanes of at least 4 members (excludes halogenated alkanes) is 1. The Balaban J connectivity index is 1.49. The zero-order valence-corrected chi connectivity index (χ0v) is 17.6. The Hall–Kier alpha value is -3.32. The summed E-state index contributed by atoms with van der Waals surface area (Å²) in [6, 6.07) is 17.0. The molecule has 0 saturated heterocycles. The summed E-state index contributed by atoms with van der Waals surface area (Å²) in [5, 5.41) is 24.8. The molecule has 0 amide bonds. The van der Waals surface area contributed by atoms with E-state index in [1.807, 2.05) is 24.4 Å². The summed E-state index contributed by atoms with van der Waals surface area (Å²) in [6.45, 7) is 2.20. The summed E-state index contributed by atoms with van der Waals surface area (Å²) in [6.07, 6.45) is 6.36. The highest BCUT2D eigenvalue weighted by atomic mass is 16.3. The van der Waals surface area contributed by atoms with Gasteiger partial charge < -0.3 is 9.67 Å². The number of tetrazole rings is 1. The van der Waals surface area contributed by atoms with E-state index in [4.69, 9.17) is 0 Å². The summed E-state index contributed by atoms with van der Waals surface area (Å²) in [5.74, 6) is 1.46. The van der Waals surface area contributed by atoms with Crippen molar-refractivity contribution < 1.29 is 5.11 Å². The van der Waals surface area contributed by atoms with Crippen molar-refractivity contribution in [2.24, 2.45) is 0 Å². The van der Waals surface area contributed by atoms with Crippen molar-refractivity contribution in [2.45, 2.75) is 51.2 Å². The van der Waals surface area contributed by atoms with Gasteiger partial charge in [0.2, 0.25) is 0 Å². The van der Waals surface area contributed by atoms with Gasteiger partial charge in [0.1, 0.15) is 11.9 Å². The van der Waals surface area contributed by atoms with Gasteiger partial charge in [-0.3, -0.25) is 0 Å². The molecule has 1 aliphatic heterocycles. The lowest BCUT2D eigenvalue weighted by Gasteiger charge is -2.30. The Bertz CT molecular complexity index is 1150. The lowest BCUT2D eigenvalue weighted by Crippen LogP contribution is -2.24. The number of aromatic nitrogens is 6. The first-order valence-corrected chi connectivity index (χ1v) is 10.9. The van der Waals surface area contributed by atoms with E-state index < -0.39 is 6.10 Å². The molecule has 4 aromatic rings. The molecule has 7 heteroatoms. The molecule has 3 heterocycles. The predicted octanol–water partition coefficient (Wildman–Crippen LogP) is 4.49. The van der Waals surface area contributed by atoms with Crippen LogP contribution >= 0.6 is 0 Å². The number of aliphatic hydroxyl groups is 1. The maximum atomic E-state index is 10.5. The standard InChI is InChI=1S/C24H26N6O/c1-2-3-6-18-15-25-24-22(31)14-13-21(30(18)24)17-11-9-16(10-12-17)19-7-4-5-8-20(19)23-26-28-29-27-23/h4-5,7-12,15,21-22,31H,2-3,6,13-14H2,1H3,(H,26,27,28,29)/t21-,22+/m0/s1. The van der Waals surface area contributed by atoms with Crippen LogP contribution in [0.25, 0.3) is 22.5 Å². The van der Waals surface area contributed by atoms with E-state index in [2.05, 4.69) is 67.4 Å². The summed E-state index contributed by atoms with van der Waals surface area (Å²) in [7, 11) is 0. The van der Waals surface area contributed by atoms with Gasteiger partial charge in [-0.1, -0.05) is 61.9 Å². The second-order valence-electron chi connectivity index (χ2n) is 8.11. The first kappa shape index (κ1) is 19.6. The molecule has 2 atom stereocenters. The van der Waals surface area contributed by atoms with Gasteiger partial charge in [0.05, 0.1) is 6.04 Å². The minimum Gasteiger partial charge on any atom is -0.385 e. The quantitative estimate of drug-likeness (QED) is 0.485. The van der Waals surface area contributed by atoms with Crippen LogP contribution in [0.2, 0.25) is 0 Å². The van der Waals surface area contributed by atoms with Crippen molar-refractivity contribution in [3.05, 3.63) is 71.8 Å². The normalized spacial score (nSPS) is 18.1. The number of fused-ring (bicyclic) bond motifs is 1. The number of hydrogen-bond acceptors (Lipinski definition) is 5. The zero-order chi connectivity index (χ0) is 21.2. The number of aromatic amines is 1. The molecule has 0 spiro atoms. The van der Waals surface area contributed by atoms with Crippen LogP contribution in [-0.2, 0) is 6.42 Å². The molecule has 0 fully saturated rings. The van der Waals surface area contributed by atoms with E-state index in [0.29, 0.717) is 5.82 Å². The average molecular weight is 415 g/mol. The smallest absolute Gasteiger partial charge is 0.180 e. The van der Waals surface area contributed by atoms with Crippen LogP contribution in [0.3, 0.4) is 0 Å². The molecular weight excluding hydrogens is 388 g/mol. The molecule has 0 aliphatic carbocycles. The number of rotatable bonds is 6. The van der Waals surface area contributed by atoms with Gasteiger partial charge in [-0.2, -0.15) is 0 Å². The Morgan fingerprint density at radius 3 is 2.61 bits per heavy atom. The molecular formula is C24H26N6O. The lowest BCUT2D eigenvalue weighted by atomic mass is 9.92. The van der Waals surface area contributed by atoms with E-state index in [0.717, 1.165) is 54.6 Å². The highest BCUT2D eigenvalue weighted by Crippen LogP contribution is 2.38. The molecule has 0 bridgehead atoms. The molecule has 0 saturated carbocycles. The number of aryl methyl sites for hydroxylation is 1. The number of nitrogens with zero attached hydrogens (tertiary/aromatic N) is 5. The Kier molecular flexibility index (Phi) is 5.34. The fourth-order valence-corrected chi connectivity index (χ4v) is 4.55. The van der Waals surface area contributed by atoms with E-state index in [9.17, 15) is 5.11 Å². The summed E-state index contributed by atoms with van der Waals surface area (Å²) in [5.41, 5.74) is 5.63. The number of H-pyrrole nitrogens is 1. The highest BCUT2D eigenvalue weighted by molar-refractivity contribution is 5.80. The number of hydrogen-bond donors (Lipinski definition) is 2. The largest absolute Gasteiger partial charge is 0.385 e. The van der Waals surface area contributed by atoms with Gasteiger partial charge in [0, 0.05) is 17.5 Å². The molecule has 158 valence electrons. The minimum absolute atomic E-state index is 0.204. The minimum atomic E-state index is -0.478. The number of imidazole rings is 1. The maximum Gasteiger partial charge on any atom is 0.180 e. The van der Waals surface area contributed by atoms with Crippen molar-refractivity contribution >= 4 is 0 Å². The maximum absolute atomic E-state index is 10.5. The van der Waals surface area contributed by atoms with Gasteiger partial charge in [0.25, 0.3) is 0 Å². The first-order valence-electron chi connectivity index (χ1n) is 10.9. The monoisotopic (exact) mass is 414 g/mol. The third-order valence-electron chi connectivity index (χ3n) is 6.15. The van der Waals surface area contributed by atoms with Crippen molar-refractivity contribution in [1.29, 1.82) is 0 Å². The van der Waals surface area contributed by atoms with Gasteiger partial charge in [-0.05, 0) is 52.8 Å². The second kappa shape index (κ2) is 8.43. The van der Waals surface area contributed by atoms with E-state index in [1.165, 1.54) is 11.3 Å². The van der Waals surface area contributed by atoms with Crippen LogP contribution in [-0.4, -0.2) is 35.3 Å². The van der Waals surface area contributed by atoms with Gasteiger partial charge in [0.15, 0.2) is 5.82 Å². The SMILES string of the molecule is CCCCc1cnc2n1[C@H](c1ccc(-c3ccccc3-c3nnn[nH]3)cc1)CC[C@H]2O. The van der Waals surface area contributed by atoms with E-state index in [-0.39, 0.29) is 6.04 Å². The molecule has 31 heavy (non-hydrogen) atoms. The first-order chi connectivity index (χ1) is 15.3. The van der Waals surface area contributed by atoms with Crippen LogP contribution in [0.5, 0.6) is 0 Å². The van der Waals surface area contributed by atoms with E-state index in [1.54, 1.807) is 0 Å². The van der Waals surface area contributed by atoms with Crippen LogP contribution < -0.4 is 0 Å². The van der Waals surface area contributed by atoms with Crippen molar-refractivity contribution in [3.8, 4) is 22.5 Å². The Morgan fingerprint density at radius 2 is 1.87 bits per heavy atom. The summed E-state index contributed by atoms with van der Waals surface area (Å²) >= 11 is 0. The van der Waals surface area contributed by atoms with Crippen molar-refractivity contribution in [2.75, 3.05) is 0 Å². The van der Waals surface area contributed by atoms with Crippen LogP contribution in [0.4, 0.5) is 0 Å². The summed E-state index contributed by atoms with van der Waals surface area (Å²) < 4.78 is 2.27. The molecule has 1 aliphatic rings. The third-order valence-corrected chi connectivity index (χ3v) is 6.15. The molecule has 2 aromatic heterocycles. The fourth-order valence-electron chi connectivity index (χ4n) is 4.55. The molecule has 0 unspecified atom stereocenters. The van der Waals surface area contributed by atoms with Crippen LogP contribution in [0.1, 0.15) is 61.8 Å². The lowest BCUT2D eigenvalue weighted by molar-refractivity contribution is 0.126. The second-order valence-corrected chi connectivity index (χ2v) is 8.11. The predicted molar refractivity (Wildman–Crippen MR) is 118 cm³/mol. The topological polar surface area (TPSA) is 92.5 Å². The Labute approximate surface area is 181 Å². The van der Waals surface area contributed by atoms with Crippen LogP contribution in [0.15, 0.2) is 54.7 Å². The number of aliphatic hydroxyl groups excluding tert-OH is 1. The Morgan fingerprint density at radius 1 is 1.06 bits per heavy atom. The summed E-state index contributed by atoms with van der Waals surface area (Å²) in [4.78, 5) is 4.56. The van der Waals surface area contributed by atoms with Crippen molar-refractivity contribution in [3.63, 3.8) is 0 Å². The molecule has 5 rings (SSSR count). The van der Waals surface area contributed by atoms with E-state index >= 15 is 0 Å². The highest BCUT2D eigenvalue weighted by Gasteiger charge is 2.29. The molecule has 2 aromatic carbocycles. The third kappa shape index (κ3) is 3.65. The number of benzene rings is 2. The van der Waals surface area contributed by atoms with Gasteiger partial charge in [-0.25, -0.2) is 10.1 Å². The van der Waals surface area contributed by atoms with Crippen LogP contribution in [0, 0.1) is 0 Å². The average Bonchev–Trinajstić information content (AvgIpc) is 3.49. The molecule has 0 radical (unpaired) electrons. The zero-order valence-electron chi connectivity index (χ0n) is 17.6. The molecule has 7 nitrogen and oxygen atoms in total. The number of nitrogens with one attached hydrogen (secondary N) is 1.